The molecule has 2 N–H and O–H groups in total. The van der Waals surface area contributed by atoms with Crippen LogP contribution in [0.3, 0.4) is 0 Å². The number of anilines is 1. The van der Waals surface area contributed by atoms with Crippen LogP contribution in [0.2, 0.25) is 0 Å². The number of nitrogens with zero attached hydrogens (tertiary/aromatic N) is 1. The van der Waals surface area contributed by atoms with Gasteiger partial charge in [0.05, 0.1) is 0 Å². The van der Waals surface area contributed by atoms with Crippen LogP contribution >= 0.6 is 11.3 Å². The third-order valence-corrected chi connectivity index (χ3v) is 7.39. The molecule has 1 saturated carbocycles. The van der Waals surface area contributed by atoms with Gasteiger partial charge in [-0.25, -0.2) is 13.8 Å². The van der Waals surface area contributed by atoms with E-state index in [0.29, 0.717) is 23.1 Å². The Hall–Kier alpha value is -2.45. The summed E-state index contributed by atoms with van der Waals surface area (Å²) in [5.74, 6) is 0.723. The summed E-state index contributed by atoms with van der Waals surface area (Å²) in [6, 6.07) is 9.48. The highest BCUT2D eigenvalue weighted by Gasteiger charge is 2.37. The lowest BCUT2D eigenvalue weighted by Gasteiger charge is -2.31. The Kier molecular flexibility index (Phi) is 4.37. The van der Waals surface area contributed by atoms with Gasteiger partial charge in [0, 0.05) is 22.9 Å². The van der Waals surface area contributed by atoms with Crippen LogP contribution in [0.25, 0.3) is 0 Å². The summed E-state index contributed by atoms with van der Waals surface area (Å²) < 4.78 is 27.1. The van der Waals surface area contributed by atoms with Crippen LogP contribution < -0.4 is 10.1 Å². The van der Waals surface area contributed by atoms with Crippen LogP contribution in [-0.2, 0) is 10.0 Å². The minimum Gasteiger partial charge on any atom is -0.279 e. The standard InChI is InChI=1S/C18H17N3O3S2/c22-18(20-19-16-11-13-3-1-4-15(13)16)12-6-8-14(9-7-12)21-26(23,24)17-5-2-10-25-17/h1-2,4-10,13,15,21H,3,11H2,(H,20,22)/b19-16-/t13-,15-/m0/s1. The van der Waals surface area contributed by atoms with E-state index < -0.39 is 10.0 Å². The third kappa shape index (κ3) is 3.30. The number of hydrogen-bond donors (Lipinski definition) is 2. The van der Waals surface area contributed by atoms with E-state index in [2.05, 4.69) is 27.4 Å². The first-order valence-corrected chi connectivity index (χ1v) is 10.6. The van der Waals surface area contributed by atoms with Crippen LogP contribution in [0.15, 0.2) is 63.2 Å². The van der Waals surface area contributed by atoms with Gasteiger partial charge in [0.2, 0.25) is 0 Å². The summed E-state index contributed by atoms with van der Waals surface area (Å²) in [5.41, 5.74) is 4.42. The number of allylic oxidation sites excluding steroid dienone is 2. The number of nitrogens with one attached hydrogen (secondary N) is 2. The molecular formula is C18H17N3O3S2. The Morgan fingerprint density at radius 1 is 1.19 bits per heavy atom. The average molecular weight is 387 g/mol. The fraction of sp³-hybridized carbons (Fsp3) is 0.222. The molecule has 2 aromatic rings. The Labute approximate surface area is 155 Å². The van der Waals surface area contributed by atoms with E-state index in [0.717, 1.165) is 29.9 Å². The first kappa shape index (κ1) is 17.0. The molecule has 1 heterocycles. The first-order valence-electron chi connectivity index (χ1n) is 8.23. The second kappa shape index (κ2) is 6.69. The van der Waals surface area contributed by atoms with Crippen LogP contribution in [0, 0.1) is 11.8 Å². The molecule has 2 aliphatic carbocycles. The van der Waals surface area contributed by atoms with Crippen LogP contribution in [0.5, 0.6) is 0 Å². The molecule has 2 aliphatic rings. The fourth-order valence-electron chi connectivity index (χ4n) is 3.16. The van der Waals surface area contributed by atoms with Crippen molar-refractivity contribution in [3.8, 4) is 0 Å². The number of fused-ring (bicyclic) bond motifs is 1. The minimum atomic E-state index is -3.59. The van der Waals surface area contributed by atoms with E-state index >= 15 is 0 Å². The zero-order chi connectivity index (χ0) is 18.1. The van der Waals surface area contributed by atoms with Crippen molar-refractivity contribution in [2.75, 3.05) is 4.72 Å². The van der Waals surface area contributed by atoms with E-state index in [9.17, 15) is 13.2 Å². The lowest BCUT2D eigenvalue weighted by atomic mass is 9.74. The number of sulfonamides is 1. The predicted octanol–water partition coefficient (Wildman–Crippen LogP) is 3.23. The van der Waals surface area contributed by atoms with E-state index in [1.807, 2.05) is 0 Å². The predicted molar refractivity (Wildman–Crippen MR) is 102 cm³/mol. The number of thiophene rings is 1. The number of carbonyl (C=O) groups is 1. The lowest BCUT2D eigenvalue weighted by molar-refractivity contribution is 0.0954. The summed E-state index contributed by atoms with van der Waals surface area (Å²) >= 11 is 1.15. The van der Waals surface area contributed by atoms with E-state index in [1.54, 1.807) is 41.8 Å². The topological polar surface area (TPSA) is 87.6 Å². The van der Waals surface area contributed by atoms with Crippen LogP contribution in [-0.4, -0.2) is 20.0 Å². The third-order valence-electron chi connectivity index (χ3n) is 4.61. The Balaban J connectivity index is 1.39. The molecule has 1 aromatic heterocycles. The number of benzene rings is 1. The summed E-state index contributed by atoms with van der Waals surface area (Å²) in [5, 5.41) is 5.92. The summed E-state index contributed by atoms with van der Waals surface area (Å²) in [6.45, 7) is 0. The molecule has 0 aliphatic heterocycles. The summed E-state index contributed by atoms with van der Waals surface area (Å²) in [6.07, 6.45) is 6.34. The van der Waals surface area contributed by atoms with Gasteiger partial charge in [-0.2, -0.15) is 5.10 Å². The summed E-state index contributed by atoms with van der Waals surface area (Å²) in [7, 11) is -3.59. The zero-order valence-corrected chi connectivity index (χ0v) is 15.4. The molecule has 4 rings (SSSR count). The number of hydrogen-bond acceptors (Lipinski definition) is 5. The molecule has 8 heteroatoms. The second-order valence-corrected chi connectivity index (χ2v) is 9.17. The quantitative estimate of drug-likeness (QED) is 0.610. The van der Waals surface area contributed by atoms with E-state index in [1.165, 1.54) is 0 Å². The number of carbonyl (C=O) groups excluding carboxylic acids is 1. The highest BCUT2D eigenvalue weighted by molar-refractivity contribution is 7.94. The largest absolute Gasteiger partial charge is 0.279 e. The molecule has 1 aromatic carbocycles. The number of rotatable bonds is 5. The smallest absolute Gasteiger partial charge is 0.271 e. The molecule has 2 atom stereocenters. The van der Waals surface area contributed by atoms with Crippen LogP contribution in [0.1, 0.15) is 23.2 Å². The van der Waals surface area contributed by atoms with Gasteiger partial charge in [-0.05, 0) is 54.5 Å². The molecule has 134 valence electrons. The maximum absolute atomic E-state index is 12.2. The lowest BCUT2D eigenvalue weighted by Crippen LogP contribution is -2.35. The highest BCUT2D eigenvalue weighted by Crippen LogP contribution is 2.40. The SMILES string of the molecule is O=C(N/N=C1/C[C@@H]2CC=C[C@H]12)c1ccc(NS(=O)(=O)c2cccs2)cc1. The van der Waals surface area contributed by atoms with Crippen molar-refractivity contribution < 1.29 is 13.2 Å². The van der Waals surface area contributed by atoms with Gasteiger partial charge in [-0.3, -0.25) is 9.52 Å². The molecule has 1 fully saturated rings. The molecule has 6 nitrogen and oxygen atoms in total. The maximum atomic E-state index is 12.2. The van der Waals surface area contributed by atoms with Crippen molar-refractivity contribution in [1.82, 2.24) is 5.43 Å². The minimum absolute atomic E-state index is 0.245. The molecule has 26 heavy (non-hydrogen) atoms. The Bertz CT molecular complexity index is 977. The zero-order valence-electron chi connectivity index (χ0n) is 13.8. The number of amides is 1. The Morgan fingerprint density at radius 2 is 2.00 bits per heavy atom. The Morgan fingerprint density at radius 3 is 2.69 bits per heavy atom. The maximum Gasteiger partial charge on any atom is 0.271 e. The van der Waals surface area contributed by atoms with Crippen molar-refractivity contribution in [2.24, 2.45) is 16.9 Å². The monoisotopic (exact) mass is 387 g/mol. The molecule has 0 spiro atoms. The van der Waals surface area contributed by atoms with Crippen molar-refractivity contribution in [3.05, 3.63) is 59.5 Å². The van der Waals surface area contributed by atoms with Gasteiger partial charge < -0.3 is 0 Å². The molecule has 1 amide bonds. The van der Waals surface area contributed by atoms with Gasteiger partial charge in [-0.1, -0.05) is 18.2 Å². The van der Waals surface area contributed by atoms with Gasteiger partial charge in [0.15, 0.2) is 0 Å². The average Bonchev–Trinajstić information content (AvgIpc) is 3.26. The molecule has 0 bridgehead atoms. The molecule has 0 radical (unpaired) electrons. The number of hydrazone groups is 1. The fourth-order valence-corrected chi connectivity index (χ4v) is 5.21. The van der Waals surface area contributed by atoms with Gasteiger partial charge in [0.25, 0.3) is 15.9 Å². The second-order valence-electron chi connectivity index (χ2n) is 6.31. The van der Waals surface area contributed by atoms with E-state index in [4.69, 9.17) is 0 Å². The van der Waals surface area contributed by atoms with E-state index in [-0.39, 0.29) is 10.1 Å². The van der Waals surface area contributed by atoms with Crippen LogP contribution in [0.4, 0.5) is 5.69 Å². The molecule has 0 saturated heterocycles. The van der Waals surface area contributed by atoms with Gasteiger partial charge in [-0.15, -0.1) is 11.3 Å². The van der Waals surface area contributed by atoms with Crippen molar-refractivity contribution >= 4 is 38.7 Å². The summed E-state index contributed by atoms with van der Waals surface area (Å²) in [4.78, 5) is 12.2. The normalized spacial score (nSPS) is 22.7. The van der Waals surface area contributed by atoms with Crippen molar-refractivity contribution in [3.63, 3.8) is 0 Å². The van der Waals surface area contributed by atoms with Crippen molar-refractivity contribution in [2.45, 2.75) is 17.1 Å². The van der Waals surface area contributed by atoms with Crippen molar-refractivity contribution in [1.29, 1.82) is 0 Å². The molecular weight excluding hydrogens is 370 g/mol. The first-order chi connectivity index (χ1) is 12.5. The highest BCUT2D eigenvalue weighted by atomic mass is 32.2. The van der Waals surface area contributed by atoms with Gasteiger partial charge in [0.1, 0.15) is 4.21 Å². The van der Waals surface area contributed by atoms with Gasteiger partial charge >= 0.3 is 0 Å². The molecule has 0 unspecified atom stereocenters.